The molecule has 1 N–H and O–H groups in total. The lowest BCUT2D eigenvalue weighted by Crippen LogP contribution is -2.47. The summed E-state index contributed by atoms with van der Waals surface area (Å²) in [5, 5.41) is 2.56. The van der Waals surface area contributed by atoms with Gasteiger partial charge in [0, 0.05) is 13.8 Å². The van der Waals surface area contributed by atoms with Crippen LogP contribution in [0, 0.1) is 73.5 Å². The number of esters is 4. The Labute approximate surface area is 443 Å². The van der Waals surface area contributed by atoms with Crippen LogP contribution < -0.4 is 5.32 Å². The maximum Gasteiger partial charge on any atom is 0.408 e. The molecule has 1 heterocycles. The summed E-state index contributed by atoms with van der Waals surface area (Å²) >= 11 is 0. The van der Waals surface area contributed by atoms with Gasteiger partial charge in [-0.3, -0.25) is 24.4 Å². The average Bonchev–Trinajstić information content (AvgIpc) is 3.19. The van der Waals surface area contributed by atoms with Crippen LogP contribution in [0.15, 0.2) is 12.7 Å². The number of rotatable bonds is 17. The molecule has 0 aliphatic rings. The molecule has 1 unspecified atom stereocenters. The maximum atomic E-state index is 11.9. The molecule has 0 fully saturated rings. The van der Waals surface area contributed by atoms with Crippen LogP contribution in [0.2, 0.25) is 0 Å². The van der Waals surface area contributed by atoms with E-state index in [1.54, 1.807) is 20.8 Å². The van der Waals surface area contributed by atoms with E-state index >= 15 is 0 Å². The summed E-state index contributed by atoms with van der Waals surface area (Å²) in [6, 6.07) is -0.686. The molecule has 0 aliphatic heterocycles. The van der Waals surface area contributed by atoms with E-state index in [9.17, 15) is 24.0 Å². The summed E-state index contributed by atoms with van der Waals surface area (Å²) in [6.07, 6.45) is 5.82. The third-order valence-electron chi connectivity index (χ3n) is 9.24. The summed E-state index contributed by atoms with van der Waals surface area (Å²) in [6.45, 7) is 62.1. The van der Waals surface area contributed by atoms with Gasteiger partial charge >= 0.3 is 30.0 Å². The molecule has 0 radical (unpaired) electrons. The lowest BCUT2D eigenvalue weighted by molar-refractivity contribution is -0.154. The van der Waals surface area contributed by atoms with Gasteiger partial charge in [0.05, 0.1) is 48.0 Å². The first kappa shape index (κ1) is 79.4. The van der Waals surface area contributed by atoms with Crippen molar-refractivity contribution in [2.24, 2.45) is 52.8 Å². The van der Waals surface area contributed by atoms with Crippen molar-refractivity contribution in [3.8, 4) is 0 Å². The quantitative estimate of drug-likeness (QED) is 0.0891. The van der Waals surface area contributed by atoms with E-state index in [-0.39, 0.29) is 41.3 Å². The van der Waals surface area contributed by atoms with E-state index in [0.29, 0.717) is 43.5 Å². The number of allylic oxidation sites excluding steroid dienone is 1. The minimum Gasteiger partial charge on any atom is -0.466 e. The van der Waals surface area contributed by atoms with Crippen molar-refractivity contribution in [2.45, 2.75) is 244 Å². The predicted octanol–water partition coefficient (Wildman–Crippen LogP) is 15.0. The normalized spacial score (nSPS) is 11.6. The third kappa shape index (κ3) is 60.3. The van der Waals surface area contributed by atoms with Gasteiger partial charge in [-0.25, -0.2) is 9.59 Å². The number of hydrogen-bond acceptors (Lipinski definition) is 12. The molecular formula is C59H115N3O10. The zero-order chi connectivity index (χ0) is 58.3. The largest absolute Gasteiger partial charge is 0.466 e. The van der Waals surface area contributed by atoms with Crippen LogP contribution in [-0.2, 0) is 49.3 Å². The molecule has 426 valence electrons. The Kier molecular flexibility index (Phi) is 49.0. The van der Waals surface area contributed by atoms with Crippen LogP contribution in [0.1, 0.15) is 222 Å². The van der Waals surface area contributed by atoms with E-state index in [4.69, 9.17) is 23.7 Å². The number of nitrogens with zero attached hydrogens (tertiary/aromatic N) is 2. The van der Waals surface area contributed by atoms with Crippen molar-refractivity contribution < 1.29 is 47.7 Å². The monoisotopic (exact) mass is 1030 g/mol. The molecule has 0 aromatic carbocycles. The van der Waals surface area contributed by atoms with Crippen molar-refractivity contribution in [3.05, 3.63) is 35.4 Å². The average molecular weight is 1030 g/mol. The van der Waals surface area contributed by atoms with Crippen LogP contribution in [0.25, 0.3) is 0 Å². The fourth-order valence-corrected chi connectivity index (χ4v) is 4.24. The predicted molar refractivity (Wildman–Crippen MR) is 301 cm³/mol. The van der Waals surface area contributed by atoms with Gasteiger partial charge in [-0.1, -0.05) is 130 Å². The molecule has 13 nitrogen and oxygen atoms in total. The summed E-state index contributed by atoms with van der Waals surface area (Å²) in [5.74, 6) is 3.03. The van der Waals surface area contributed by atoms with Gasteiger partial charge in [-0.05, 0) is 136 Å². The van der Waals surface area contributed by atoms with E-state index in [2.05, 4.69) is 84.2 Å². The minimum absolute atomic E-state index is 0.0440. The van der Waals surface area contributed by atoms with Crippen molar-refractivity contribution in [3.63, 3.8) is 0 Å². The van der Waals surface area contributed by atoms with Crippen molar-refractivity contribution in [1.82, 2.24) is 15.3 Å². The topological polar surface area (TPSA) is 169 Å². The summed E-state index contributed by atoms with van der Waals surface area (Å²) in [4.78, 5) is 64.3. The van der Waals surface area contributed by atoms with E-state index in [0.717, 1.165) is 53.9 Å². The Morgan fingerprint density at radius 2 is 1.06 bits per heavy atom. The van der Waals surface area contributed by atoms with Gasteiger partial charge in [0.2, 0.25) is 0 Å². The number of alkyl carbamates (subject to hydrolysis) is 1. The highest BCUT2D eigenvalue weighted by Gasteiger charge is 2.28. The smallest absolute Gasteiger partial charge is 0.408 e. The SMILES string of the molecule is C=CCC(C)C.CC(=O)OC(C)C(C)C.CC(=O)OCCC(C)C.CC(C)COC(=O)C(C)(C)C.CC(C)COC(=O)[C@@H](NC(=O)OC(C)(C)C)C(C)C.CCC(C)C.Cc1nc(C)c(CC(C)C)nc1C. The number of carbonyl (C=O) groups excluding carboxylic acids is 5. The number of ether oxygens (including phenoxy) is 5. The van der Waals surface area contributed by atoms with Crippen LogP contribution in [0.4, 0.5) is 4.79 Å². The highest BCUT2D eigenvalue weighted by molar-refractivity contribution is 5.81. The first-order chi connectivity index (χ1) is 32.6. The highest BCUT2D eigenvalue weighted by atomic mass is 16.6. The lowest BCUT2D eigenvalue weighted by Gasteiger charge is -2.24. The molecule has 0 bridgehead atoms. The molecule has 0 saturated carbocycles. The number of amides is 1. The second-order valence-electron chi connectivity index (χ2n) is 23.5. The van der Waals surface area contributed by atoms with Gasteiger partial charge in [0.1, 0.15) is 17.7 Å². The number of carbonyl (C=O) groups is 5. The van der Waals surface area contributed by atoms with E-state index < -0.39 is 23.7 Å². The number of hydrogen-bond donors (Lipinski definition) is 1. The minimum atomic E-state index is -0.686. The number of aromatic nitrogens is 2. The molecule has 1 aromatic heterocycles. The molecule has 1 aromatic rings. The molecule has 1 rings (SSSR count). The molecule has 72 heavy (non-hydrogen) atoms. The Balaban J connectivity index is -0.000000184. The van der Waals surface area contributed by atoms with E-state index in [1.807, 2.05) is 110 Å². The first-order valence-electron chi connectivity index (χ1n) is 26.6. The zero-order valence-electron chi connectivity index (χ0n) is 52.0. The molecule has 13 heteroatoms. The molecule has 1 amide bonds. The Morgan fingerprint density at radius 1 is 0.597 bits per heavy atom. The van der Waals surface area contributed by atoms with Crippen molar-refractivity contribution >= 4 is 30.0 Å². The second kappa shape index (κ2) is 44.5. The second-order valence-corrected chi connectivity index (χ2v) is 23.5. The Hall–Kier alpha value is -4.03. The van der Waals surface area contributed by atoms with Gasteiger partial charge in [-0.15, -0.1) is 6.58 Å². The van der Waals surface area contributed by atoms with Crippen LogP contribution in [0.5, 0.6) is 0 Å². The zero-order valence-corrected chi connectivity index (χ0v) is 52.0. The van der Waals surface area contributed by atoms with Gasteiger partial charge < -0.3 is 29.0 Å². The van der Waals surface area contributed by atoms with Gasteiger partial charge in [0.15, 0.2) is 0 Å². The van der Waals surface area contributed by atoms with Gasteiger partial charge in [-0.2, -0.15) is 0 Å². The van der Waals surface area contributed by atoms with Crippen LogP contribution in [-0.4, -0.2) is 77.5 Å². The van der Waals surface area contributed by atoms with E-state index in [1.165, 1.54) is 20.3 Å². The summed E-state index contributed by atoms with van der Waals surface area (Å²) < 4.78 is 24.9. The fourth-order valence-electron chi connectivity index (χ4n) is 4.24. The van der Waals surface area contributed by atoms with Crippen LogP contribution >= 0.6 is 0 Å². The molecule has 0 spiro atoms. The molecular weight excluding hydrogens is 911 g/mol. The van der Waals surface area contributed by atoms with Gasteiger partial charge in [0.25, 0.3) is 0 Å². The summed E-state index contributed by atoms with van der Waals surface area (Å²) in [5.41, 5.74) is 3.38. The Morgan fingerprint density at radius 3 is 1.35 bits per heavy atom. The van der Waals surface area contributed by atoms with Crippen molar-refractivity contribution in [1.29, 1.82) is 0 Å². The highest BCUT2D eigenvalue weighted by Crippen LogP contribution is 2.16. The molecule has 0 saturated heterocycles. The van der Waals surface area contributed by atoms with Crippen molar-refractivity contribution in [2.75, 3.05) is 19.8 Å². The summed E-state index contributed by atoms with van der Waals surface area (Å²) in [7, 11) is 0. The molecule has 2 atom stereocenters. The fraction of sp³-hybridized carbons (Fsp3) is 0.814. The molecule has 0 aliphatic carbocycles. The number of nitrogens with one attached hydrogen (secondary N) is 1. The third-order valence-corrected chi connectivity index (χ3v) is 9.24. The number of aryl methyl sites for hydroxylation is 3. The van der Waals surface area contributed by atoms with Crippen LogP contribution in [0.3, 0.4) is 0 Å². The lowest BCUT2D eigenvalue weighted by atomic mass is 9.97. The first-order valence-corrected chi connectivity index (χ1v) is 26.6. The Bertz CT molecular complexity index is 1570. The maximum absolute atomic E-state index is 11.9. The standard InChI is InChI=1S/C14H27NO4.C11H18N2.C9H18O2.2C7H14O2.C6H12.C5H12/c1-9(2)8-18-12(16)11(10(3)4)15-13(17)19-14(5,6)7;1-7(2)6-11-10(5)12-8(3)9(4)13-11;1-7(2)6-11-8(10)9(3,4)5;1-6(2)4-5-9-7(3)8;1-5(2)6(3)9-7(4)8;1-4-5-6(2)3;1-4-5(2)3/h9-11H,8H2,1-7H3,(H,15,17);7H,6H2,1-5H3;7H,6H2,1-5H3;6H,4-5H2,1-3H3;5-6H,1-4H3;4,6H,1,5H2,2-3H3;5H,4H2,1-3H3/t11-;;;;;;/m0....../s1.